The molecule has 1 aromatic rings. The maximum atomic E-state index is 6.24. The monoisotopic (exact) mass is 259 g/mol. The van der Waals surface area contributed by atoms with Gasteiger partial charge in [0.15, 0.2) is 0 Å². The second-order valence-corrected chi connectivity index (χ2v) is 4.90. The molecule has 0 radical (unpaired) electrons. The van der Waals surface area contributed by atoms with Crippen LogP contribution >= 0.6 is 23.2 Å². The van der Waals surface area contributed by atoms with Crippen molar-refractivity contribution < 1.29 is 4.74 Å². The highest BCUT2D eigenvalue weighted by molar-refractivity contribution is 6.42. The van der Waals surface area contributed by atoms with Gasteiger partial charge in [-0.1, -0.05) is 35.3 Å². The van der Waals surface area contributed by atoms with Gasteiger partial charge >= 0.3 is 0 Å². The Kier molecular flexibility index (Phi) is 4.09. The minimum absolute atomic E-state index is 0.0462. The van der Waals surface area contributed by atoms with Gasteiger partial charge in [-0.25, -0.2) is 0 Å². The van der Waals surface area contributed by atoms with Crippen LogP contribution in [0.5, 0.6) is 0 Å². The van der Waals surface area contributed by atoms with E-state index in [2.05, 4.69) is 0 Å². The largest absolute Gasteiger partial charge is 0.381 e. The summed E-state index contributed by atoms with van der Waals surface area (Å²) in [5.41, 5.74) is 7.19. The first-order valence-electron chi connectivity index (χ1n) is 5.47. The molecule has 0 unspecified atom stereocenters. The molecule has 2 rings (SSSR count). The Balaban J connectivity index is 2.19. The van der Waals surface area contributed by atoms with E-state index < -0.39 is 0 Å². The van der Waals surface area contributed by atoms with Crippen LogP contribution < -0.4 is 5.73 Å². The SMILES string of the molecule is N[C@@H](c1cccc(Cl)c1Cl)C1CCOCC1. The highest BCUT2D eigenvalue weighted by atomic mass is 35.5. The molecular weight excluding hydrogens is 245 g/mol. The number of ether oxygens (including phenoxy) is 1. The number of hydrogen-bond donors (Lipinski definition) is 1. The van der Waals surface area contributed by atoms with Crippen molar-refractivity contribution in [3.05, 3.63) is 33.8 Å². The molecule has 16 heavy (non-hydrogen) atoms. The topological polar surface area (TPSA) is 35.2 Å². The Morgan fingerprint density at radius 3 is 2.62 bits per heavy atom. The predicted octanol–water partition coefficient (Wildman–Crippen LogP) is 3.42. The van der Waals surface area contributed by atoms with Crippen LogP contribution in [0.25, 0.3) is 0 Å². The van der Waals surface area contributed by atoms with Gasteiger partial charge in [-0.15, -0.1) is 0 Å². The first-order chi connectivity index (χ1) is 7.70. The summed E-state index contributed by atoms with van der Waals surface area (Å²) >= 11 is 12.1. The van der Waals surface area contributed by atoms with Crippen LogP contribution in [-0.2, 0) is 4.74 Å². The van der Waals surface area contributed by atoms with Gasteiger partial charge in [0.05, 0.1) is 10.0 Å². The molecule has 0 amide bonds. The lowest BCUT2D eigenvalue weighted by Gasteiger charge is -2.28. The Morgan fingerprint density at radius 2 is 1.94 bits per heavy atom. The van der Waals surface area contributed by atoms with Crippen LogP contribution in [-0.4, -0.2) is 13.2 Å². The van der Waals surface area contributed by atoms with Crippen LogP contribution in [0.4, 0.5) is 0 Å². The molecule has 1 aliphatic heterocycles. The molecule has 1 fully saturated rings. The Labute approximate surface area is 106 Å². The smallest absolute Gasteiger partial charge is 0.0640 e. The second-order valence-electron chi connectivity index (χ2n) is 4.12. The van der Waals surface area contributed by atoms with Gasteiger partial charge < -0.3 is 10.5 Å². The van der Waals surface area contributed by atoms with E-state index in [1.807, 2.05) is 12.1 Å². The Bertz CT molecular complexity index is 364. The van der Waals surface area contributed by atoms with Crippen molar-refractivity contribution in [1.29, 1.82) is 0 Å². The molecule has 2 N–H and O–H groups in total. The average Bonchev–Trinajstić information content (AvgIpc) is 2.33. The maximum absolute atomic E-state index is 6.24. The third-order valence-electron chi connectivity index (χ3n) is 3.11. The van der Waals surface area contributed by atoms with E-state index in [4.69, 9.17) is 33.7 Å². The summed E-state index contributed by atoms with van der Waals surface area (Å²) in [4.78, 5) is 0. The quantitative estimate of drug-likeness (QED) is 0.884. The fourth-order valence-electron chi connectivity index (χ4n) is 2.11. The van der Waals surface area contributed by atoms with Crippen molar-refractivity contribution in [2.75, 3.05) is 13.2 Å². The van der Waals surface area contributed by atoms with Crippen molar-refractivity contribution in [3.63, 3.8) is 0 Å². The molecule has 0 saturated carbocycles. The van der Waals surface area contributed by atoms with Gasteiger partial charge in [0.1, 0.15) is 0 Å². The molecule has 1 aliphatic rings. The van der Waals surface area contributed by atoms with Crippen molar-refractivity contribution in [2.24, 2.45) is 11.7 Å². The highest BCUT2D eigenvalue weighted by Gasteiger charge is 2.24. The molecule has 1 heterocycles. The molecule has 0 bridgehead atoms. The number of rotatable bonds is 2. The zero-order valence-corrected chi connectivity index (χ0v) is 10.5. The zero-order chi connectivity index (χ0) is 11.5. The first kappa shape index (κ1) is 12.2. The Morgan fingerprint density at radius 1 is 1.25 bits per heavy atom. The second kappa shape index (κ2) is 5.37. The van der Waals surface area contributed by atoms with E-state index in [0.29, 0.717) is 16.0 Å². The number of nitrogens with two attached hydrogens (primary N) is 1. The van der Waals surface area contributed by atoms with E-state index >= 15 is 0 Å². The molecule has 88 valence electrons. The lowest BCUT2D eigenvalue weighted by Crippen LogP contribution is -2.27. The zero-order valence-electron chi connectivity index (χ0n) is 8.96. The standard InChI is InChI=1S/C12H15Cl2NO/c13-10-3-1-2-9(11(10)14)12(15)8-4-6-16-7-5-8/h1-3,8,12H,4-7,15H2/t12-/m1/s1. The number of halogens is 2. The third kappa shape index (κ3) is 2.51. The summed E-state index contributed by atoms with van der Waals surface area (Å²) in [6, 6.07) is 5.58. The van der Waals surface area contributed by atoms with Gasteiger partial charge in [0.25, 0.3) is 0 Å². The number of benzene rings is 1. The van der Waals surface area contributed by atoms with E-state index in [0.717, 1.165) is 31.6 Å². The summed E-state index contributed by atoms with van der Waals surface area (Å²) in [6.07, 6.45) is 1.98. The molecule has 0 spiro atoms. The molecule has 0 aliphatic carbocycles. The lowest BCUT2D eigenvalue weighted by atomic mass is 9.88. The minimum atomic E-state index is -0.0462. The molecule has 4 heteroatoms. The summed E-state index contributed by atoms with van der Waals surface area (Å²) < 4.78 is 5.33. The first-order valence-corrected chi connectivity index (χ1v) is 6.23. The van der Waals surface area contributed by atoms with Crippen LogP contribution in [0.3, 0.4) is 0 Å². The predicted molar refractivity (Wildman–Crippen MR) is 66.9 cm³/mol. The van der Waals surface area contributed by atoms with E-state index in [1.165, 1.54) is 0 Å². The lowest BCUT2D eigenvalue weighted by molar-refractivity contribution is 0.0584. The molecular formula is C12H15Cl2NO. The summed E-state index contributed by atoms with van der Waals surface area (Å²) in [5, 5.41) is 1.16. The van der Waals surface area contributed by atoms with Gasteiger partial charge in [-0.05, 0) is 30.4 Å². The summed E-state index contributed by atoms with van der Waals surface area (Å²) in [5.74, 6) is 0.435. The molecule has 1 aromatic carbocycles. The summed E-state index contributed by atoms with van der Waals surface area (Å²) in [6.45, 7) is 1.58. The molecule has 1 atom stereocenters. The Hall–Kier alpha value is -0.280. The van der Waals surface area contributed by atoms with Crippen molar-refractivity contribution in [3.8, 4) is 0 Å². The fourth-order valence-corrected chi connectivity index (χ4v) is 2.54. The van der Waals surface area contributed by atoms with Crippen molar-refractivity contribution >= 4 is 23.2 Å². The van der Waals surface area contributed by atoms with Crippen molar-refractivity contribution in [1.82, 2.24) is 0 Å². The fraction of sp³-hybridized carbons (Fsp3) is 0.500. The van der Waals surface area contributed by atoms with Crippen LogP contribution in [0.1, 0.15) is 24.4 Å². The summed E-state index contributed by atoms with van der Waals surface area (Å²) in [7, 11) is 0. The van der Waals surface area contributed by atoms with Crippen LogP contribution in [0.2, 0.25) is 10.0 Å². The van der Waals surface area contributed by atoms with E-state index in [1.54, 1.807) is 6.07 Å². The van der Waals surface area contributed by atoms with Gasteiger partial charge in [-0.2, -0.15) is 0 Å². The maximum Gasteiger partial charge on any atom is 0.0640 e. The van der Waals surface area contributed by atoms with Gasteiger partial charge in [0, 0.05) is 19.3 Å². The molecule has 1 saturated heterocycles. The number of hydrogen-bond acceptors (Lipinski definition) is 2. The van der Waals surface area contributed by atoms with Gasteiger partial charge in [0.2, 0.25) is 0 Å². The van der Waals surface area contributed by atoms with Crippen LogP contribution in [0, 0.1) is 5.92 Å². The van der Waals surface area contributed by atoms with E-state index in [-0.39, 0.29) is 6.04 Å². The van der Waals surface area contributed by atoms with Crippen molar-refractivity contribution in [2.45, 2.75) is 18.9 Å². The third-order valence-corrected chi connectivity index (χ3v) is 3.95. The van der Waals surface area contributed by atoms with E-state index in [9.17, 15) is 0 Å². The highest BCUT2D eigenvalue weighted by Crippen LogP contribution is 2.35. The van der Waals surface area contributed by atoms with Gasteiger partial charge in [-0.3, -0.25) is 0 Å². The molecule has 2 nitrogen and oxygen atoms in total. The van der Waals surface area contributed by atoms with Crippen LogP contribution in [0.15, 0.2) is 18.2 Å². The minimum Gasteiger partial charge on any atom is -0.381 e. The average molecular weight is 260 g/mol. The normalized spacial score (nSPS) is 19.7. The molecule has 0 aromatic heterocycles.